The molecule has 0 aromatic rings. The Morgan fingerprint density at radius 1 is 1.35 bits per heavy atom. The number of hydrogen-bond donors (Lipinski definition) is 1. The summed E-state index contributed by atoms with van der Waals surface area (Å²) in [5.74, 6) is -1.85. The number of hydrogen-bond acceptors (Lipinski definition) is 5. The predicted octanol–water partition coefficient (Wildman–Crippen LogP) is -0.477. The second-order valence-corrected chi connectivity index (χ2v) is 6.70. The summed E-state index contributed by atoms with van der Waals surface area (Å²) in [6.45, 7) is 0.400. The first-order valence-electron chi connectivity index (χ1n) is 6.30. The highest BCUT2D eigenvalue weighted by Gasteiger charge is 2.33. The van der Waals surface area contributed by atoms with Crippen LogP contribution in [-0.4, -0.2) is 67.9 Å². The standard InChI is InChI=1S/C11H20N2O6S/c1-12(6-5-10(14)19-2)20(17,18)13-7-3-9(4-8-13)11(15)16/h9H,3-8H2,1-2H3,(H,15,16). The highest BCUT2D eigenvalue weighted by atomic mass is 32.2. The normalized spacial score (nSPS) is 18.1. The minimum Gasteiger partial charge on any atom is -0.481 e. The van der Waals surface area contributed by atoms with Crippen molar-refractivity contribution in [2.24, 2.45) is 5.92 Å². The number of carboxylic acid groups (broad SMARTS) is 1. The molecule has 1 heterocycles. The van der Waals surface area contributed by atoms with Gasteiger partial charge in [0.15, 0.2) is 0 Å². The fourth-order valence-electron chi connectivity index (χ4n) is 2.00. The number of methoxy groups -OCH3 is 1. The largest absolute Gasteiger partial charge is 0.481 e. The topological polar surface area (TPSA) is 104 Å². The van der Waals surface area contributed by atoms with E-state index in [2.05, 4.69) is 4.74 Å². The Labute approximate surface area is 118 Å². The van der Waals surface area contributed by atoms with Crippen LogP contribution in [0.5, 0.6) is 0 Å². The monoisotopic (exact) mass is 308 g/mol. The van der Waals surface area contributed by atoms with Crippen LogP contribution < -0.4 is 0 Å². The lowest BCUT2D eigenvalue weighted by atomic mass is 9.99. The maximum Gasteiger partial charge on any atom is 0.306 e. The third kappa shape index (κ3) is 4.15. The van der Waals surface area contributed by atoms with Crippen LogP contribution in [0.15, 0.2) is 0 Å². The predicted molar refractivity (Wildman–Crippen MR) is 70.1 cm³/mol. The molecule has 1 saturated heterocycles. The summed E-state index contributed by atoms with van der Waals surface area (Å²) in [7, 11) is -1.02. The molecule has 0 amide bonds. The van der Waals surface area contributed by atoms with Crippen molar-refractivity contribution in [3.8, 4) is 0 Å². The molecule has 0 aromatic carbocycles. The summed E-state index contributed by atoms with van der Waals surface area (Å²) in [5.41, 5.74) is 0. The molecule has 0 radical (unpaired) electrons. The van der Waals surface area contributed by atoms with Crippen molar-refractivity contribution in [1.29, 1.82) is 0 Å². The van der Waals surface area contributed by atoms with Crippen LogP contribution in [0.4, 0.5) is 0 Å². The molecule has 0 aliphatic carbocycles. The Morgan fingerprint density at radius 3 is 2.35 bits per heavy atom. The van der Waals surface area contributed by atoms with E-state index in [9.17, 15) is 18.0 Å². The summed E-state index contributed by atoms with van der Waals surface area (Å²) in [4.78, 5) is 21.8. The van der Waals surface area contributed by atoms with E-state index in [0.29, 0.717) is 12.8 Å². The third-order valence-electron chi connectivity index (χ3n) is 3.38. The van der Waals surface area contributed by atoms with Gasteiger partial charge in [0, 0.05) is 26.7 Å². The van der Waals surface area contributed by atoms with Crippen LogP contribution in [0.3, 0.4) is 0 Å². The van der Waals surface area contributed by atoms with Crippen molar-refractivity contribution in [2.45, 2.75) is 19.3 Å². The molecular formula is C11H20N2O6S. The summed E-state index contributed by atoms with van der Waals surface area (Å²) in [6, 6.07) is 0. The van der Waals surface area contributed by atoms with Crippen LogP contribution in [0, 0.1) is 5.92 Å². The van der Waals surface area contributed by atoms with Gasteiger partial charge in [0.05, 0.1) is 19.4 Å². The molecule has 0 spiro atoms. The van der Waals surface area contributed by atoms with Crippen LogP contribution >= 0.6 is 0 Å². The van der Waals surface area contributed by atoms with Crippen molar-refractivity contribution in [2.75, 3.05) is 33.8 Å². The second-order valence-electron chi connectivity index (χ2n) is 4.67. The summed E-state index contributed by atoms with van der Waals surface area (Å²) < 4.78 is 31.2. The fourth-order valence-corrected chi connectivity index (χ4v) is 3.39. The molecule has 0 aromatic heterocycles. The quantitative estimate of drug-likeness (QED) is 0.665. The number of esters is 1. The van der Waals surface area contributed by atoms with E-state index in [4.69, 9.17) is 5.11 Å². The summed E-state index contributed by atoms with van der Waals surface area (Å²) >= 11 is 0. The molecular weight excluding hydrogens is 288 g/mol. The van der Waals surface area contributed by atoms with Crippen molar-refractivity contribution < 1.29 is 27.9 Å². The Morgan fingerprint density at radius 2 is 1.90 bits per heavy atom. The third-order valence-corrected chi connectivity index (χ3v) is 5.37. The van der Waals surface area contributed by atoms with Gasteiger partial charge in [-0.2, -0.15) is 17.0 Å². The zero-order valence-electron chi connectivity index (χ0n) is 11.6. The number of carbonyl (C=O) groups is 2. The Bertz CT molecular complexity index is 456. The molecule has 8 nitrogen and oxygen atoms in total. The first-order valence-corrected chi connectivity index (χ1v) is 7.69. The molecule has 1 aliphatic heterocycles. The van der Waals surface area contributed by atoms with Gasteiger partial charge in [-0.25, -0.2) is 0 Å². The van der Waals surface area contributed by atoms with Crippen molar-refractivity contribution in [1.82, 2.24) is 8.61 Å². The Kier molecular flexibility index (Phi) is 5.90. The van der Waals surface area contributed by atoms with E-state index in [1.54, 1.807) is 0 Å². The number of ether oxygens (including phenoxy) is 1. The zero-order chi connectivity index (χ0) is 15.3. The molecule has 0 atom stereocenters. The Hall–Kier alpha value is -1.19. The molecule has 1 N–H and O–H groups in total. The van der Waals surface area contributed by atoms with E-state index in [-0.39, 0.29) is 26.1 Å². The van der Waals surface area contributed by atoms with Crippen molar-refractivity contribution >= 4 is 22.1 Å². The van der Waals surface area contributed by atoms with Crippen LogP contribution in [0.25, 0.3) is 0 Å². The van der Waals surface area contributed by atoms with E-state index in [0.717, 1.165) is 4.31 Å². The molecule has 1 aliphatic rings. The maximum atomic E-state index is 12.2. The van der Waals surface area contributed by atoms with E-state index in [1.807, 2.05) is 0 Å². The molecule has 0 saturated carbocycles. The van der Waals surface area contributed by atoms with Gasteiger partial charge in [-0.05, 0) is 12.8 Å². The van der Waals surface area contributed by atoms with Crippen molar-refractivity contribution in [3.05, 3.63) is 0 Å². The SMILES string of the molecule is COC(=O)CCN(C)S(=O)(=O)N1CCC(C(=O)O)CC1. The first-order chi connectivity index (χ1) is 9.28. The average molecular weight is 308 g/mol. The van der Waals surface area contributed by atoms with Gasteiger partial charge in [0.1, 0.15) is 0 Å². The number of rotatable bonds is 6. The van der Waals surface area contributed by atoms with Crippen LogP contribution in [0.1, 0.15) is 19.3 Å². The van der Waals surface area contributed by atoms with Gasteiger partial charge in [0.2, 0.25) is 0 Å². The molecule has 20 heavy (non-hydrogen) atoms. The maximum absolute atomic E-state index is 12.2. The van der Waals surface area contributed by atoms with Gasteiger partial charge < -0.3 is 9.84 Å². The van der Waals surface area contributed by atoms with E-state index in [1.165, 1.54) is 18.5 Å². The van der Waals surface area contributed by atoms with Gasteiger partial charge in [-0.3, -0.25) is 9.59 Å². The van der Waals surface area contributed by atoms with Crippen molar-refractivity contribution in [3.63, 3.8) is 0 Å². The molecule has 1 rings (SSSR count). The smallest absolute Gasteiger partial charge is 0.306 e. The van der Waals surface area contributed by atoms with Crippen LogP contribution in [0.2, 0.25) is 0 Å². The minimum atomic E-state index is -3.65. The highest BCUT2D eigenvalue weighted by Crippen LogP contribution is 2.21. The van der Waals surface area contributed by atoms with Gasteiger partial charge in [-0.1, -0.05) is 0 Å². The number of carboxylic acids is 1. The summed E-state index contributed by atoms with van der Waals surface area (Å²) in [6.07, 6.45) is 0.594. The lowest BCUT2D eigenvalue weighted by molar-refractivity contribution is -0.143. The lowest BCUT2D eigenvalue weighted by Crippen LogP contribution is -2.47. The van der Waals surface area contributed by atoms with Gasteiger partial charge >= 0.3 is 11.9 Å². The zero-order valence-corrected chi connectivity index (χ0v) is 12.4. The molecule has 116 valence electrons. The molecule has 9 heteroatoms. The number of aliphatic carboxylic acids is 1. The highest BCUT2D eigenvalue weighted by molar-refractivity contribution is 7.86. The fraction of sp³-hybridized carbons (Fsp3) is 0.818. The average Bonchev–Trinajstić information content (AvgIpc) is 2.44. The number of piperidine rings is 1. The van der Waals surface area contributed by atoms with Crippen LogP contribution in [-0.2, 0) is 24.5 Å². The number of nitrogens with zero attached hydrogens (tertiary/aromatic N) is 2. The Balaban J connectivity index is 2.56. The summed E-state index contributed by atoms with van der Waals surface area (Å²) in [5, 5.41) is 8.88. The van der Waals surface area contributed by atoms with E-state index < -0.39 is 28.1 Å². The molecule has 0 unspecified atom stereocenters. The minimum absolute atomic E-state index is 0.0161. The molecule has 0 bridgehead atoms. The second kappa shape index (κ2) is 7.00. The lowest BCUT2D eigenvalue weighted by Gasteiger charge is -2.32. The first kappa shape index (κ1) is 16.9. The van der Waals surface area contributed by atoms with Gasteiger partial charge in [0.25, 0.3) is 10.2 Å². The molecule has 1 fully saturated rings. The van der Waals surface area contributed by atoms with Gasteiger partial charge in [-0.15, -0.1) is 0 Å². The van der Waals surface area contributed by atoms with E-state index >= 15 is 0 Å². The number of carbonyl (C=O) groups excluding carboxylic acids is 1.